The summed E-state index contributed by atoms with van der Waals surface area (Å²) in [5.74, 6) is -0.0590. The largest absolute Gasteiger partial charge is 0.390 e. The highest BCUT2D eigenvalue weighted by Gasteiger charge is 2.32. The molecule has 8 heteroatoms. The average molecular weight is 358 g/mol. The van der Waals surface area contributed by atoms with Gasteiger partial charge in [0.05, 0.1) is 11.5 Å². The predicted octanol–water partition coefficient (Wildman–Crippen LogP) is 1.84. The molecule has 0 spiro atoms. The summed E-state index contributed by atoms with van der Waals surface area (Å²) < 4.78 is 24.4. The van der Waals surface area contributed by atoms with Crippen LogP contribution in [0.3, 0.4) is 0 Å². The van der Waals surface area contributed by atoms with Crippen LogP contribution in [0.5, 0.6) is 0 Å². The molecule has 6 nitrogen and oxygen atoms in total. The topological polar surface area (TPSA) is 88.8 Å². The van der Waals surface area contributed by atoms with Crippen molar-refractivity contribution >= 4 is 18.0 Å². The Labute approximate surface area is 147 Å². The molecule has 0 bridgehead atoms. The van der Waals surface area contributed by atoms with Crippen LogP contribution in [0.1, 0.15) is 32.6 Å². The van der Waals surface area contributed by atoms with Gasteiger partial charge in [0.25, 0.3) is 0 Å². The lowest BCUT2D eigenvalue weighted by molar-refractivity contribution is -0.122. The summed E-state index contributed by atoms with van der Waals surface area (Å²) >= 11 is 0. The van der Waals surface area contributed by atoms with Crippen molar-refractivity contribution in [2.75, 3.05) is 26.7 Å². The zero-order chi connectivity index (χ0) is 18.9. The molecule has 0 aromatic heterocycles. The number of halogens is 2. The number of aliphatic hydroxyl groups is 1. The molecule has 25 heavy (non-hydrogen) atoms. The van der Waals surface area contributed by atoms with Crippen molar-refractivity contribution in [3.05, 3.63) is 12.2 Å². The standard InChI is InChI=1S/C17H28F2N4O2/c1-13(12-20)16(24)22-9-6-17(25)7-10-23(11-8-17)15(21-2)5-3-4-14(18)19/h3,5,12-14,20,25H,4,6-11H2,1-2H3,(H,22,24)/b5-3-,20-12?,21-15?. The summed E-state index contributed by atoms with van der Waals surface area (Å²) in [4.78, 5) is 17.7. The van der Waals surface area contributed by atoms with Gasteiger partial charge in [-0.1, -0.05) is 6.08 Å². The van der Waals surface area contributed by atoms with E-state index in [9.17, 15) is 18.7 Å². The van der Waals surface area contributed by atoms with Crippen LogP contribution < -0.4 is 5.32 Å². The highest BCUT2D eigenvalue weighted by Crippen LogP contribution is 2.25. The van der Waals surface area contributed by atoms with Crippen molar-refractivity contribution in [3.8, 4) is 0 Å². The second-order valence-corrected chi connectivity index (χ2v) is 6.32. The number of hydrogen-bond acceptors (Lipinski definition) is 4. The van der Waals surface area contributed by atoms with Crippen LogP contribution in [0.15, 0.2) is 17.1 Å². The van der Waals surface area contributed by atoms with Crippen LogP contribution in [-0.4, -0.2) is 66.7 Å². The van der Waals surface area contributed by atoms with E-state index in [1.807, 2.05) is 4.90 Å². The fourth-order valence-electron chi connectivity index (χ4n) is 2.65. The number of amidine groups is 1. The van der Waals surface area contributed by atoms with Gasteiger partial charge in [-0.15, -0.1) is 0 Å². The van der Waals surface area contributed by atoms with E-state index in [0.717, 1.165) is 6.21 Å². The fraction of sp³-hybridized carbons (Fsp3) is 0.706. The number of carbonyl (C=O) groups is 1. The number of amides is 1. The smallest absolute Gasteiger partial charge is 0.242 e. The molecule has 0 aromatic rings. The molecule has 0 aromatic carbocycles. The van der Waals surface area contributed by atoms with Crippen molar-refractivity contribution in [2.45, 2.75) is 44.6 Å². The lowest BCUT2D eigenvalue weighted by atomic mass is 9.88. The molecular weight excluding hydrogens is 330 g/mol. The minimum Gasteiger partial charge on any atom is -0.390 e. The number of nitrogens with zero attached hydrogens (tertiary/aromatic N) is 2. The number of likely N-dealkylation sites (tertiary alicyclic amines) is 1. The zero-order valence-electron chi connectivity index (χ0n) is 14.8. The minimum absolute atomic E-state index is 0.222. The van der Waals surface area contributed by atoms with E-state index in [1.165, 1.54) is 6.08 Å². The Morgan fingerprint density at radius 2 is 2.08 bits per heavy atom. The van der Waals surface area contributed by atoms with Crippen molar-refractivity contribution < 1.29 is 18.7 Å². The molecule has 1 heterocycles. The number of allylic oxidation sites excluding steroid dienone is 1. The number of piperidine rings is 1. The molecule has 1 aliphatic rings. The van der Waals surface area contributed by atoms with Gasteiger partial charge in [-0.25, -0.2) is 8.78 Å². The molecule has 1 fully saturated rings. The van der Waals surface area contributed by atoms with E-state index in [1.54, 1.807) is 20.0 Å². The first-order valence-corrected chi connectivity index (χ1v) is 8.48. The van der Waals surface area contributed by atoms with E-state index in [-0.39, 0.29) is 12.3 Å². The Kier molecular flexibility index (Phi) is 8.68. The van der Waals surface area contributed by atoms with E-state index in [2.05, 4.69) is 10.3 Å². The summed E-state index contributed by atoms with van der Waals surface area (Å²) in [6.07, 6.45) is 2.89. The predicted molar refractivity (Wildman–Crippen MR) is 94.5 cm³/mol. The highest BCUT2D eigenvalue weighted by atomic mass is 19.3. The van der Waals surface area contributed by atoms with Crippen LogP contribution in [-0.2, 0) is 4.79 Å². The van der Waals surface area contributed by atoms with Gasteiger partial charge in [-0.3, -0.25) is 9.79 Å². The molecule has 1 aliphatic heterocycles. The van der Waals surface area contributed by atoms with Crippen LogP contribution in [0.25, 0.3) is 0 Å². The number of rotatable bonds is 8. The summed E-state index contributed by atoms with van der Waals surface area (Å²) in [6.45, 7) is 3.15. The maximum atomic E-state index is 12.2. The molecule has 1 saturated heterocycles. The Bertz CT molecular complexity index is 501. The molecular formula is C17H28F2N4O2. The van der Waals surface area contributed by atoms with Crippen molar-refractivity contribution in [1.82, 2.24) is 10.2 Å². The summed E-state index contributed by atoms with van der Waals surface area (Å²) in [6, 6.07) is 0. The first-order chi connectivity index (χ1) is 11.8. The van der Waals surface area contributed by atoms with E-state index < -0.39 is 17.9 Å². The SMILES string of the molecule is CN=C(/C=C\CC(F)F)N1CCC(O)(CCNC(=O)C(C)C=N)CC1. The second kappa shape index (κ2) is 10.2. The summed E-state index contributed by atoms with van der Waals surface area (Å²) in [5, 5.41) is 20.4. The van der Waals surface area contributed by atoms with Gasteiger partial charge < -0.3 is 20.7 Å². The number of nitrogens with one attached hydrogen (secondary N) is 2. The lowest BCUT2D eigenvalue weighted by Gasteiger charge is -2.39. The van der Waals surface area contributed by atoms with Gasteiger partial charge in [0.1, 0.15) is 5.84 Å². The van der Waals surface area contributed by atoms with Gasteiger partial charge in [-0.05, 0) is 32.3 Å². The molecule has 0 radical (unpaired) electrons. The molecule has 1 atom stereocenters. The van der Waals surface area contributed by atoms with Crippen LogP contribution >= 0.6 is 0 Å². The van der Waals surface area contributed by atoms with Crippen molar-refractivity contribution in [1.29, 1.82) is 5.41 Å². The van der Waals surface area contributed by atoms with Crippen LogP contribution in [0.4, 0.5) is 8.78 Å². The number of carbonyl (C=O) groups excluding carboxylic acids is 1. The summed E-state index contributed by atoms with van der Waals surface area (Å²) in [5.41, 5.74) is -0.858. The van der Waals surface area contributed by atoms with Gasteiger partial charge in [0, 0.05) is 39.3 Å². The number of aliphatic imine (C=N–C) groups is 1. The summed E-state index contributed by atoms with van der Waals surface area (Å²) in [7, 11) is 1.61. The number of alkyl halides is 2. The Hall–Kier alpha value is -1.83. The van der Waals surface area contributed by atoms with Crippen LogP contribution in [0, 0.1) is 11.3 Å². The average Bonchev–Trinajstić information content (AvgIpc) is 2.58. The van der Waals surface area contributed by atoms with Gasteiger partial charge in [0.15, 0.2) is 0 Å². The maximum Gasteiger partial charge on any atom is 0.242 e. The van der Waals surface area contributed by atoms with Crippen molar-refractivity contribution in [2.24, 2.45) is 10.9 Å². The second-order valence-electron chi connectivity index (χ2n) is 6.32. The third kappa shape index (κ3) is 7.29. The molecule has 0 aliphatic carbocycles. The molecule has 1 rings (SSSR count). The first-order valence-electron chi connectivity index (χ1n) is 8.48. The van der Waals surface area contributed by atoms with Gasteiger partial charge in [0.2, 0.25) is 12.3 Å². The third-order valence-corrected chi connectivity index (χ3v) is 4.38. The van der Waals surface area contributed by atoms with Gasteiger partial charge >= 0.3 is 0 Å². The quantitative estimate of drug-likeness (QED) is 0.457. The lowest BCUT2D eigenvalue weighted by Crippen LogP contribution is -2.47. The first kappa shape index (κ1) is 21.2. The minimum atomic E-state index is -2.37. The molecule has 1 amide bonds. The normalized spacial score (nSPS) is 19.3. The Balaban J connectivity index is 2.44. The monoisotopic (exact) mass is 358 g/mol. The molecule has 142 valence electrons. The van der Waals surface area contributed by atoms with Gasteiger partial charge in [-0.2, -0.15) is 0 Å². The molecule has 3 N–H and O–H groups in total. The molecule has 0 saturated carbocycles. The fourth-order valence-corrected chi connectivity index (χ4v) is 2.65. The van der Waals surface area contributed by atoms with Crippen molar-refractivity contribution in [3.63, 3.8) is 0 Å². The zero-order valence-corrected chi connectivity index (χ0v) is 14.8. The van der Waals surface area contributed by atoms with E-state index in [4.69, 9.17) is 5.41 Å². The van der Waals surface area contributed by atoms with E-state index in [0.29, 0.717) is 44.7 Å². The maximum absolute atomic E-state index is 12.2. The number of hydrogen-bond donors (Lipinski definition) is 3. The van der Waals surface area contributed by atoms with E-state index >= 15 is 0 Å². The highest BCUT2D eigenvalue weighted by molar-refractivity contribution is 5.93. The Morgan fingerprint density at radius 3 is 2.60 bits per heavy atom. The Morgan fingerprint density at radius 1 is 1.44 bits per heavy atom. The molecule has 1 unspecified atom stereocenters. The van der Waals surface area contributed by atoms with Crippen LogP contribution in [0.2, 0.25) is 0 Å². The third-order valence-electron chi connectivity index (χ3n) is 4.38.